The van der Waals surface area contributed by atoms with Gasteiger partial charge in [-0.05, 0) is 24.3 Å². The molecule has 0 aliphatic rings. The van der Waals surface area contributed by atoms with Gasteiger partial charge in [-0.1, -0.05) is 6.07 Å². The molecule has 0 atom stereocenters. The van der Waals surface area contributed by atoms with Gasteiger partial charge >= 0.3 is 0 Å². The molecule has 0 saturated carbocycles. The van der Waals surface area contributed by atoms with Gasteiger partial charge in [0, 0.05) is 48.5 Å². The largest absolute Gasteiger partial charge is 0.364 e. The highest BCUT2D eigenvalue weighted by atomic mass is 16.1. The Morgan fingerprint density at radius 1 is 1.04 bits per heavy atom. The molecule has 0 unspecified atom stereocenters. The number of hydrogen-bond acceptors (Lipinski definition) is 6. The van der Waals surface area contributed by atoms with Crippen LogP contribution < -0.4 is 5.73 Å². The third-order valence-electron chi connectivity index (χ3n) is 4.01. The maximum absolute atomic E-state index is 11.6. The standard InChI is InChI=1S/C19H15N7O/c1-26-10-14(18(25-26)15-4-2-3-7-23-15)13-5-6-16(19(20)27)24-17(13)12-8-21-11-22-9-12/h2-11H,1H3,(H2,20,27). The molecule has 4 aromatic heterocycles. The molecule has 2 N–H and O–H groups in total. The summed E-state index contributed by atoms with van der Waals surface area (Å²) in [6.45, 7) is 0. The van der Waals surface area contributed by atoms with Crippen molar-refractivity contribution in [1.82, 2.24) is 29.7 Å². The number of carbonyl (C=O) groups excluding carboxylic acids is 1. The molecule has 8 nitrogen and oxygen atoms in total. The summed E-state index contributed by atoms with van der Waals surface area (Å²) in [5, 5.41) is 4.55. The van der Waals surface area contributed by atoms with Crippen LogP contribution in [-0.2, 0) is 7.05 Å². The van der Waals surface area contributed by atoms with Crippen LogP contribution in [0.1, 0.15) is 10.5 Å². The Balaban J connectivity index is 1.97. The topological polar surface area (TPSA) is 112 Å². The summed E-state index contributed by atoms with van der Waals surface area (Å²) in [5.74, 6) is -0.601. The van der Waals surface area contributed by atoms with Crippen molar-refractivity contribution in [3.63, 3.8) is 0 Å². The fraction of sp³-hybridized carbons (Fsp3) is 0.0526. The van der Waals surface area contributed by atoms with Crippen LogP contribution in [0, 0.1) is 0 Å². The summed E-state index contributed by atoms with van der Waals surface area (Å²) in [5.41, 5.74) is 9.87. The molecule has 0 aliphatic carbocycles. The van der Waals surface area contributed by atoms with E-state index in [1.165, 1.54) is 6.33 Å². The van der Waals surface area contributed by atoms with E-state index in [-0.39, 0.29) is 5.69 Å². The smallest absolute Gasteiger partial charge is 0.267 e. The molecule has 0 fully saturated rings. The van der Waals surface area contributed by atoms with Gasteiger partial charge in [-0.15, -0.1) is 0 Å². The van der Waals surface area contributed by atoms with E-state index in [0.717, 1.165) is 16.8 Å². The molecule has 0 spiro atoms. The maximum atomic E-state index is 11.6. The zero-order valence-corrected chi connectivity index (χ0v) is 14.4. The average molecular weight is 357 g/mol. The quantitative estimate of drug-likeness (QED) is 0.598. The first-order chi connectivity index (χ1) is 13.1. The first-order valence-corrected chi connectivity index (χ1v) is 8.15. The molecule has 27 heavy (non-hydrogen) atoms. The van der Waals surface area contributed by atoms with Crippen molar-refractivity contribution in [2.45, 2.75) is 0 Å². The van der Waals surface area contributed by atoms with Gasteiger partial charge in [0.25, 0.3) is 5.91 Å². The van der Waals surface area contributed by atoms with Crippen LogP contribution in [0.5, 0.6) is 0 Å². The molecule has 4 rings (SSSR count). The third-order valence-corrected chi connectivity index (χ3v) is 4.01. The first-order valence-electron chi connectivity index (χ1n) is 8.15. The van der Waals surface area contributed by atoms with Crippen LogP contribution in [0.4, 0.5) is 0 Å². The van der Waals surface area contributed by atoms with E-state index in [1.807, 2.05) is 31.4 Å². The van der Waals surface area contributed by atoms with Crippen LogP contribution in [-0.4, -0.2) is 35.6 Å². The summed E-state index contributed by atoms with van der Waals surface area (Å²) in [6, 6.07) is 9.05. The van der Waals surface area contributed by atoms with Gasteiger partial charge in [0.2, 0.25) is 0 Å². The van der Waals surface area contributed by atoms with Gasteiger partial charge in [-0.3, -0.25) is 14.5 Å². The van der Waals surface area contributed by atoms with Crippen molar-refractivity contribution in [1.29, 1.82) is 0 Å². The summed E-state index contributed by atoms with van der Waals surface area (Å²) < 4.78 is 1.71. The Bertz CT molecular complexity index is 1110. The predicted molar refractivity (Wildman–Crippen MR) is 99.2 cm³/mol. The number of nitrogens with zero attached hydrogens (tertiary/aromatic N) is 6. The number of nitrogens with two attached hydrogens (primary N) is 1. The normalized spacial score (nSPS) is 10.7. The number of primary amides is 1. The summed E-state index contributed by atoms with van der Waals surface area (Å²) in [6.07, 6.45) is 8.32. The van der Waals surface area contributed by atoms with Crippen LogP contribution in [0.3, 0.4) is 0 Å². The summed E-state index contributed by atoms with van der Waals surface area (Å²) in [4.78, 5) is 28.6. The number of aryl methyl sites for hydroxylation is 1. The Morgan fingerprint density at radius 2 is 1.85 bits per heavy atom. The molecule has 0 bridgehead atoms. The van der Waals surface area contributed by atoms with E-state index in [0.29, 0.717) is 17.0 Å². The highest BCUT2D eigenvalue weighted by molar-refractivity contribution is 5.94. The highest BCUT2D eigenvalue weighted by Gasteiger charge is 2.19. The van der Waals surface area contributed by atoms with Gasteiger partial charge in [0.15, 0.2) is 0 Å². The lowest BCUT2D eigenvalue weighted by Gasteiger charge is -2.10. The second-order valence-corrected chi connectivity index (χ2v) is 5.86. The second-order valence-electron chi connectivity index (χ2n) is 5.86. The Kier molecular flexibility index (Phi) is 4.13. The molecular weight excluding hydrogens is 342 g/mol. The van der Waals surface area contributed by atoms with E-state index < -0.39 is 5.91 Å². The van der Waals surface area contributed by atoms with Crippen molar-refractivity contribution < 1.29 is 4.79 Å². The molecule has 8 heteroatoms. The van der Waals surface area contributed by atoms with Gasteiger partial charge in [-0.25, -0.2) is 15.0 Å². The van der Waals surface area contributed by atoms with Crippen molar-refractivity contribution in [3.05, 3.63) is 67.1 Å². The van der Waals surface area contributed by atoms with Gasteiger partial charge < -0.3 is 5.73 Å². The molecule has 0 radical (unpaired) electrons. The molecule has 0 aliphatic heterocycles. The molecule has 132 valence electrons. The molecule has 0 aromatic carbocycles. The number of hydrogen-bond donors (Lipinski definition) is 1. The van der Waals surface area contributed by atoms with E-state index in [2.05, 4.69) is 25.0 Å². The van der Waals surface area contributed by atoms with E-state index in [1.54, 1.807) is 35.4 Å². The van der Waals surface area contributed by atoms with Crippen molar-refractivity contribution in [2.75, 3.05) is 0 Å². The Morgan fingerprint density at radius 3 is 2.56 bits per heavy atom. The SMILES string of the molecule is Cn1cc(-c2ccc(C(N)=O)nc2-c2cncnc2)c(-c2ccccn2)n1. The van der Waals surface area contributed by atoms with Gasteiger partial charge in [0.1, 0.15) is 17.7 Å². The average Bonchev–Trinajstić information content (AvgIpc) is 3.10. The second kappa shape index (κ2) is 6.75. The zero-order chi connectivity index (χ0) is 18.8. The number of amides is 1. The van der Waals surface area contributed by atoms with Crippen molar-refractivity contribution in [2.24, 2.45) is 12.8 Å². The molecular formula is C19H15N7O. The van der Waals surface area contributed by atoms with Crippen LogP contribution in [0.2, 0.25) is 0 Å². The Labute approximate surface area is 154 Å². The minimum absolute atomic E-state index is 0.167. The maximum Gasteiger partial charge on any atom is 0.267 e. The monoisotopic (exact) mass is 357 g/mol. The van der Waals surface area contributed by atoms with E-state index in [4.69, 9.17) is 5.73 Å². The zero-order valence-electron chi connectivity index (χ0n) is 14.4. The minimum Gasteiger partial charge on any atom is -0.364 e. The van der Waals surface area contributed by atoms with Crippen LogP contribution in [0.25, 0.3) is 33.8 Å². The number of aromatic nitrogens is 6. The molecule has 0 saturated heterocycles. The number of carbonyl (C=O) groups is 1. The minimum atomic E-state index is -0.601. The van der Waals surface area contributed by atoms with Crippen LogP contribution >= 0.6 is 0 Å². The number of pyridine rings is 2. The fourth-order valence-electron chi connectivity index (χ4n) is 2.83. The summed E-state index contributed by atoms with van der Waals surface area (Å²) >= 11 is 0. The summed E-state index contributed by atoms with van der Waals surface area (Å²) in [7, 11) is 1.84. The van der Waals surface area contributed by atoms with E-state index >= 15 is 0 Å². The lowest BCUT2D eigenvalue weighted by atomic mass is 9.99. The lowest BCUT2D eigenvalue weighted by molar-refractivity contribution is 0.0995. The lowest BCUT2D eigenvalue weighted by Crippen LogP contribution is -2.13. The Hall–Kier alpha value is -3.94. The van der Waals surface area contributed by atoms with Crippen molar-refractivity contribution in [3.8, 4) is 33.8 Å². The number of rotatable bonds is 4. The highest BCUT2D eigenvalue weighted by Crippen LogP contribution is 2.35. The van der Waals surface area contributed by atoms with Crippen LogP contribution in [0.15, 0.2) is 61.4 Å². The van der Waals surface area contributed by atoms with Crippen molar-refractivity contribution >= 4 is 5.91 Å². The van der Waals surface area contributed by atoms with E-state index in [9.17, 15) is 4.79 Å². The first kappa shape index (κ1) is 16.5. The van der Waals surface area contributed by atoms with Gasteiger partial charge in [0.05, 0.1) is 11.4 Å². The predicted octanol–water partition coefficient (Wildman–Crippen LogP) is 2.10. The fourth-order valence-corrected chi connectivity index (χ4v) is 2.83. The third kappa shape index (κ3) is 3.15. The molecule has 1 amide bonds. The molecule has 4 heterocycles. The van der Waals surface area contributed by atoms with Gasteiger partial charge in [-0.2, -0.15) is 5.10 Å². The molecule has 4 aromatic rings.